The number of nitrogens with two attached hydrogens (primary N) is 1. The van der Waals surface area contributed by atoms with Crippen molar-refractivity contribution in [3.05, 3.63) is 30.1 Å². The van der Waals surface area contributed by atoms with E-state index in [4.69, 9.17) is 5.73 Å². The molecule has 3 heteroatoms. The highest BCUT2D eigenvalue weighted by molar-refractivity contribution is 5.46. The molecule has 2 unspecified atom stereocenters. The molecule has 0 saturated heterocycles. The standard InChI is InChI=1S/C13H21FN2/c1-4-10(2)13(9-15)16(3)12-7-5-11(14)6-8-12/h5-8,10,13H,4,9,15H2,1-3H3. The van der Waals surface area contributed by atoms with Gasteiger partial charge in [0.1, 0.15) is 5.82 Å². The van der Waals surface area contributed by atoms with E-state index in [1.165, 1.54) is 12.1 Å². The maximum Gasteiger partial charge on any atom is 0.123 e. The average Bonchev–Trinajstić information content (AvgIpc) is 2.30. The van der Waals surface area contributed by atoms with Gasteiger partial charge in [0.25, 0.3) is 0 Å². The fourth-order valence-corrected chi connectivity index (χ4v) is 1.91. The first-order chi connectivity index (χ1) is 7.60. The smallest absolute Gasteiger partial charge is 0.123 e. The fraction of sp³-hybridized carbons (Fsp3) is 0.538. The molecule has 1 aromatic carbocycles. The van der Waals surface area contributed by atoms with E-state index in [9.17, 15) is 4.39 Å². The van der Waals surface area contributed by atoms with Crippen LogP contribution in [0.3, 0.4) is 0 Å². The molecule has 0 aliphatic rings. The van der Waals surface area contributed by atoms with E-state index in [1.54, 1.807) is 12.1 Å². The van der Waals surface area contributed by atoms with Crippen molar-refractivity contribution in [2.75, 3.05) is 18.5 Å². The zero-order valence-electron chi connectivity index (χ0n) is 10.3. The van der Waals surface area contributed by atoms with Crippen molar-refractivity contribution in [2.45, 2.75) is 26.3 Å². The predicted molar refractivity (Wildman–Crippen MR) is 67.1 cm³/mol. The van der Waals surface area contributed by atoms with E-state index in [0.717, 1.165) is 12.1 Å². The van der Waals surface area contributed by atoms with Crippen LogP contribution in [0.5, 0.6) is 0 Å². The monoisotopic (exact) mass is 224 g/mol. The Labute approximate surface area is 97.3 Å². The summed E-state index contributed by atoms with van der Waals surface area (Å²) in [4.78, 5) is 2.13. The van der Waals surface area contributed by atoms with Gasteiger partial charge >= 0.3 is 0 Å². The minimum Gasteiger partial charge on any atom is -0.370 e. The fourth-order valence-electron chi connectivity index (χ4n) is 1.91. The van der Waals surface area contributed by atoms with E-state index < -0.39 is 0 Å². The minimum atomic E-state index is -0.204. The summed E-state index contributed by atoms with van der Waals surface area (Å²) in [5.74, 6) is 0.324. The molecule has 2 N–H and O–H groups in total. The molecule has 0 amide bonds. The molecular formula is C13H21FN2. The number of nitrogens with zero attached hydrogens (tertiary/aromatic N) is 1. The summed E-state index contributed by atoms with van der Waals surface area (Å²) < 4.78 is 12.8. The third kappa shape index (κ3) is 2.95. The highest BCUT2D eigenvalue weighted by Crippen LogP contribution is 2.20. The van der Waals surface area contributed by atoms with Gasteiger partial charge in [0, 0.05) is 25.3 Å². The topological polar surface area (TPSA) is 29.3 Å². The molecule has 2 nitrogen and oxygen atoms in total. The van der Waals surface area contributed by atoms with Gasteiger partial charge in [0.15, 0.2) is 0 Å². The zero-order valence-corrected chi connectivity index (χ0v) is 10.3. The second-order valence-electron chi connectivity index (χ2n) is 4.28. The first kappa shape index (κ1) is 13.0. The molecule has 0 heterocycles. The van der Waals surface area contributed by atoms with Crippen molar-refractivity contribution in [1.29, 1.82) is 0 Å². The molecule has 0 fully saturated rings. The van der Waals surface area contributed by atoms with Crippen molar-refractivity contribution in [3.63, 3.8) is 0 Å². The van der Waals surface area contributed by atoms with E-state index in [1.807, 2.05) is 7.05 Å². The van der Waals surface area contributed by atoms with Crippen LogP contribution in [0.4, 0.5) is 10.1 Å². The summed E-state index contributed by atoms with van der Waals surface area (Å²) in [6.07, 6.45) is 1.09. The van der Waals surface area contributed by atoms with Gasteiger partial charge in [-0.2, -0.15) is 0 Å². The molecule has 0 spiro atoms. The Bertz CT molecular complexity index is 310. The average molecular weight is 224 g/mol. The van der Waals surface area contributed by atoms with Crippen molar-refractivity contribution in [2.24, 2.45) is 11.7 Å². The summed E-state index contributed by atoms with van der Waals surface area (Å²) in [5.41, 5.74) is 6.81. The first-order valence-electron chi connectivity index (χ1n) is 5.78. The first-order valence-corrected chi connectivity index (χ1v) is 5.78. The number of rotatable bonds is 5. The third-order valence-electron chi connectivity index (χ3n) is 3.27. The van der Waals surface area contributed by atoms with Crippen LogP contribution in [-0.4, -0.2) is 19.6 Å². The Kier molecular flexibility index (Phi) is 4.74. The van der Waals surface area contributed by atoms with Crippen LogP contribution < -0.4 is 10.6 Å². The number of hydrogen-bond donors (Lipinski definition) is 1. The highest BCUT2D eigenvalue weighted by atomic mass is 19.1. The lowest BCUT2D eigenvalue weighted by Gasteiger charge is -2.33. The van der Waals surface area contributed by atoms with Crippen LogP contribution in [0.15, 0.2) is 24.3 Å². The van der Waals surface area contributed by atoms with Crippen LogP contribution >= 0.6 is 0 Å². The normalized spacial score (nSPS) is 14.6. The number of halogens is 1. The van der Waals surface area contributed by atoms with Gasteiger partial charge < -0.3 is 10.6 Å². The predicted octanol–water partition coefficient (Wildman–Crippen LogP) is 2.64. The Hall–Kier alpha value is -1.09. The molecule has 1 aromatic rings. The molecule has 2 atom stereocenters. The van der Waals surface area contributed by atoms with Gasteiger partial charge in [-0.3, -0.25) is 0 Å². The minimum absolute atomic E-state index is 0.204. The summed E-state index contributed by atoms with van der Waals surface area (Å²) >= 11 is 0. The van der Waals surface area contributed by atoms with Crippen molar-refractivity contribution in [3.8, 4) is 0 Å². The SMILES string of the molecule is CCC(C)C(CN)N(C)c1ccc(F)cc1. The molecule has 0 aliphatic carbocycles. The number of benzene rings is 1. The van der Waals surface area contributed by atoms with E-state index in [-0.39, 0.29) is 5.82 Å². The van der Waals surface area contributed by atoms with Gasteiger partial charge in [-0.1, -0.05) is 20.3 Å². The number of likely N-dealkylation sites (N-methyl/N-ethyl adjacent to an activating group) is 1. The Morgan fingerprint density at radius 1 is 1.31 bits per heavy atom. The quantitative estimate of drug-likeness (QED) is 0.833. The van der Waals surface area contributed by atoms with Crippen LogP contribution in [0.25, 0.3) is 0 Å². The lowest BCUT2D eigenvalue weighted by atomic mass is 9.97. The Morgan fingerprint density at radius 3 is 2.31 bits per heavy atom. The lowest BCUT2D eigenvalue weighted by Crippen LogP contribution is -2.42. The molecule has 90 valence electrons. The summed E-state index contributed by atoms with van der Waals surface area (Å²) in [5, 5.41) is 0. The molecule has 0 saturated carbocycles. The Balaban J connectivity index is 2.82. The molecule has 0 aromatic heterocycles. The van der Waals surface area contributed by atoms with Crippen LogP contribution in [0.2, 0.25) is 0 Å². The molecule has 0 aliphatic heterocycles. The maximum atomic E-state index is 12.8. The van der Waals surface area contributed by atoms with E-state index in [0.29, 0.717) is 18.5 Å². The van der Waals surface area contributed by atoms with Crippen molar-refractivity contribution < 1.29 is 4.39 Å². The molecule has 16 heavy (non-hydrogen) atoms. The molecule has 0 radical (unpaired) electrons. The van der Waals surface area contributed by atoms with Crippen molar-refractivity contribution >= 4 is 5.69 Å². The summed E-state index contributed by atoms with van der Waals surface area (Å²) in [7, 11) is 2.01. The second-order valence-corrected chi connectivity index (χ2v) is 4.28. The van der Waals surface area contributed by atoms with Gasteiger partial charge in [-0.05, 0) is 30.2 Å². The number of hydrogen-bond acceptors (Lipinski definition) is 2. The van der Waals surface area contributed by atoms with Crippen molar-refractivity contribution in [1.82, 2.24) is 0 Å². The third-order valence-corrected chi connectivity index (χ3v) is 3.27. The van der Waals surface area contributed by atoms with Crippen LogP contribution in [0, 0.1) is 11.7 Å². The van der Waals surface area contributed by atoms with E-state index in [2.05, 4.69) is 18.7 Å². The van der Waals surface area contributed by atoms with Crippen LogP contribution in [-0.2, 0) is 0 Å². The lowest BCUT2D eigenvalue weighted by molar-refractivity contribution is 0.433. The van der Waals surface area contributed by atoms with E-state index >= 15 is 0 Å². The summed E-state index contributed by atoms with van der Waals surface area (Å²) in [6, 6.07) is 6.85. The van der Waals surface area contributed by atoms with Gasteiger partial charge in [-0.15, -0.1) is 0 Å². The molecule has 0 bridgehead atoms. The Morgan fingerprint density at radius 2 is 1.88 bits per heavy atom. The second kappa shape index (κ2) is 5.85. The highest BCUT2D eigenvalue weighted by Gasteiger charge is 2.19. The zero-order chi connectivity index (χ0) is 12.1. The van der Waals surface area contributed by atoms with Crippen LogP contribution in [0.1, 0.15) is 20.3 Å². The van der Waals surface area contributed by atoms with Gasteiger partial charge in [0.2, 0.25) is 0 Å². The maximum absolute atomic E-state index is 12.8. The molecule has 1 rings (SSSR count). The summed E-state index contributed by atoms with van der Waals surface area (Å²) in [6.45, 7) is 4.96. The largest absolute Gasteiger partial charge is 0.370 e. The molecular weight excluding hydrogens is 203 g/mol. The number of anilines is 1. The van der Waals surface area contributed by atoms with Gasteiger partial charge in [0.05, 0.1) is 0 Å². The van der Waals surface area contributed by atoms with Gasteiger partial charge in [-0.25, -0.2) is 4.39 Å².